The fourth-order valence-corrected chi connectivity index (χ4v) is 1.59. The minimum absolute atomic E-state index is 0.00332. The van der Waals surface area contributed by atoms with Gasteiger partial charge in [-0.15, -0.1) is 0 Å². The minimum Gasteiger partial charge on any atom is -0.273 e. The van der Waals surface area contributed by atoms with Crippen LogP contribution in [0.25, 0.3) is 6.08 Å². The van der Waals surface area contributed by atoms with Crippen molar-refractivity contribution >= 4 is 17.5 Å². The Morgan fingerprint density at radius 1 is 1.05 bits per heavy atom. The molecule has 0 aliphatic heterocycles. The van der Waals surface area contributed by atoms with Crippen LogP contribution in [0.1, 0.15) is 11.1 Å². The van der Waals surface area contributed by atoms with Gasteiger partial charge in [0.15, 0.2) is 0 Å². The molecule has 0 amide bonds. The number of nitro groups is 1. The summed E-state index contributed by atoms with van der Waals surface area (Å²) in [6.45, 7) is 0. The third-order valence-electron chi connectivity index (χ3n) is 2.61. The minimum atomic E-state index is -0.472. The van der Waals surface area contributed by atoms with Crippen LogP contribution in [0, 0.1) is 10.1 Å². The van der Waals surface area contributed by atoms with Crippen LogP contribution < -0.4 is 0 Å². The van der Waals surface area contributed by atoms with Crippen molar-refractivity contribution in [2.45, 2.75) is 0 Å². The lowest BCUT2D eigenvalue weighted by atomic mass is 10.1. The monoisotopic (exact) mass is 254 g/mol. The zero-order valence-corrected chi connectivity index (χ0v) is 10.1. The average Bonchev–Trinajstić information content (AvgIpc) is 2.46. The van der Waals surface area contributed by atoms with Gasteiger partial charge in [-0.2, -0.15) is 0 Å². The lowest BCUT2D eigenvalue weighted by Gasteiger charge is -1.92. The zero-order chi connectivity index (χ0) is 13.7. The average molecular weight is 254 g/mol. The molecule has 0 radical (unpaired) electrons. The van der Waals surface area contributed by atoms with Crippen LogP contribution >= 0.6 is 0 Å². The summed E-state index contributed by atoms with van der Waals surface area (Å²) in [6, 6.07) is 15.3. The highest BCUT2D eigenvalue weighted by Crippen LogP contribution is 2.12. The highest BCUT2D eigenvalue weighted by atomic mass is 16.6. The van der Waals surface area contributed by atoms with E-state index in [4.69, 9.17) is 0 Å². The second kappa shape index (κ2) is 5.73. The number of allylic oxidation sites excluding steroid dienone is 1. The van der Waals surface area contributed by atoms with Gasteiger partial charge in [0, 0.05) is 18.2 Å². The van der Waals surface area contributed by atoms with Gasteiger partial charge >= 0.3 is 5.78 Å². The number of ketones is 1. The normalized spacial score (nSPS) is 10.5. The Labute approximate surface area is 110 Å². The maximum atomic E-state index is 10.5. The third kappa shape index (κ3) is 3.35. The molecule has 4 nitrogen and oxygen atoms in total. The first kappa shape index (κ1) is 12.7. The molecule has 94 valence electrons. The molecule has 0 saturated heterocycles. The first-order valence-corrected chi connectivity index (χ1v) is 5.71. The predicted octanol–water partition coefficient (Wildman–Crippen LogP) is 3.20. The fraction of sp³-hybridized carbons (Fsp3) is 0. The summed E-state index contributed by atoms with van der Waals surface area (Å²) in [5.41, 5.74) is 1.51. The molecule has 0 unspecified atom stereocenters. The van der Waals surface area contributed by atoms with Crippen LogP contribution in [0.3, 0.4) is 0 Å². The van der Waals surface area contributed by atoms with E-state index in [2.05, 4.69) is 0 Å². The Hall–Kier alpha value is -2.75. The Kier molecular flexibility index (Phi) is 3.83. The van der Waals surface area contributed by atoms with Gasteiger partial charge in [0.2, 0.25) is 0 Å². The second-order valence-electron chi connectivity index (χ2n) is 3.93. The van der Waals surface area contributed by atoms with Gasteiger partial charge in [-0.05, 0) is 23.8 Å². The molecule has 19 heavy (non-hydrogen) atoms. The largest absolute Gasteiger partial charge is 0.347 e. The summed E-state index contributed by atoms with van der Waals surface area (Å²) >= 11 is 0. The summed E-state index contributed by atoms with van der Waals surface area (Å²) < 4.78 is 0. The van der Waals surface area contributed by atoms with Crippen molar-refractivity contribution in [2.24, 2.45) is 0 Å². The molecule has 0 heterocycles. The number of rotatable bonds is 4. The van der Waals surface area contributed by atoms with Crippen LogP contribution in [0.15, 0.2) is 60.7 Å². The Morgan fingerprint density at radius 2 is 1.68 bits per heavy atom. The lowest BCUT2D eigenvalue weighted by molar-refractivity contribution is -0.384. The van der Waals surface area contributed by atoms with E-state index in [1.165, 1.54) is 24.3 Å². The van der Waals surface area contributed by atoms with Gasteiger partial charge in [-0.25, -0.2) is 0 Å². The maximum absolute atomic E-state index is 10.5. The Morgan fingerprint density at radius 3 is 2.26 bits per heavy atom. The van der Waals surface area contributed by atoms with E-state index in [-0.39, 0.29) is 11.5 Å². The lowest BCUT2D eigenvalue weighted by Crippen LogP contribution is -1.96. The van der Waals surface area contributed by atoms with Crippen molar-refractivity contribution in [1.82, 2.24) is 0 Å². The zero-order valence-electron chi connectivity index (χ0n) is 10.1. The summed E-state index contributed by atoms with van der Waals surface area (Å²) in [5.74, 6) is 0.0683. The summed E-state index contributed by atoms with van der Waals surface area (Å²) in [7, 11) is 0. The number of hydrogen-bond acceptors (Lipinski definition) is 2. The first-order chi connectivity index (χ1) is 9.16. The molecule has 0 aliphatic rings. The molecule has 1 N–H and O–H groups in total. The van der Waals surface area contributed by atoms with Gasteiger partial charge in [0.25, 0.3) is 5.69 Å². The van der Waals surface area contributed by atoms with Crippen molar-refractivity contribution in [1.29, 1.82) is 0 Å². The third-order valence-corrected chi connectivity index (χ3v) is 2.61. The van der Waals surface area contributed by atoms with Crippen molar-refractivity contribution in [2.75, 3.05) is 0 Å². The summed E-state index contributed by atoms with van der Waals surface area (Å²) in [4.78, 5) is 19.9. The van der Waals surface area contributed by atoms with Gasteiger partial charge < -0.3 is 0 Å². The van der Waals surface area contributed by atoms with Crippen molar-refractivity contribution in [3.63, 3.8) is 0 Å². The fourth-order valence-electron chi connectivity index (χ4n) is 1.59. The molecular weight excluding hydrogens is 242 g/mol. The van der Waals surface area contributed by atoms with Gasteiger partial charge in [-0.3, -0.25) is 14.9 Å². The molecule has 0 fully saturated rings. The standard InChI is InChI=1S/C15H11NO3/c17-15(11-6-12-4-2-1-3-5-12)13-7-9-14(10-8-13)16(18)19/h1-11H/p+1/b11-6+. The smallest absolute Gasteiger partial charge is 0.273 e. The van der Waals surface area contributed by atoms with E-state index in [1.807, 2.05) is 30.3 Å². The number of hydrogen-bond donors (Lipinski definition) is 0. The predicted molar refractivity (Wildman–Crippen MR) is 74.6 cm³/mol. The van der Waals surface area contributed by atoms with Gasteiger partial charge in [0.05, 0.1) is 10.5 Å². The molecule has 0 bridgehead atoms. The molecule has 4 heteroatoms. The highest BCUT2D eigenvalue weighted by Gasteiger charge is 2.11. The molecule has 0 aliphatic carbocycles. The number of non-ortho nitro benzene ring substituents is 1. The van der Waals surface area contributed by atoms with Crippen molar-refractivity contribution < 1.29 is 9.72 Å². The molecule has 0 atom stereocenters. The molecule has 2 aromatic carbocycles. The SMILES string of the molecule is O=[N+]([O-])c1ccc(C(=[OH+])/C=C/c2ccccc2)cc1. The van der Waals surface area contributed by atoms with Crippen LogP contribution in [-0.4, -0.2) is 15.5 Å². The van der Waals surface area contributed by atoms with E-state index >= 15 is 0 Å². The molecule has 2 aromatic rings. The maximum Gasteiger partial charge on any atom is 0.347 e. The molecule has 2 rings (SSSR count). The van der Waals surface area contributed by atoms with Crippen LogP contribution in [0.2, 0.25) is 0 Å². The molecule has 0 aromatic heterocycles. The summed E-state index contributed by atoms with van der Waals surface area (Å²) in [6.07, 6.45) is 3.34. The van der Waals surface area contributed by atoms with E-state index in [9.17, 15) is 14.9 Å². The summed E-state index contributed by atoms with van der Waals surface area (Å²) in [5, 5.41) is 10.5. The van der Waals surface area contributed by atoms with E-state index in [0.29, 0.717) is 5.56 Å². The van der Waals surface area contributed by atoms with Crippen LogP contribution in [0.5, 0.6) is 0 Å². The highest BCUT2D eigenvalue weighted by molar-refractivity contribution is 6.07. The van der Waals surface area contributed by atoms with Gasteiger partial charge in [0.1, 0.15) is 0 Å². The first-order valence-electron chi connectivity index (χ1n) is 5.71. The number of nitrogens with zero attached hydrogens (tertiary/aromatic N) is 1. The molecular formula is C15H12NO3+. The van der Waals surface area contributed by atoms with Gasteiger partial charge in [-0.1, -0.05) is 30.3 Å². The number of benzene rings is 2. The van der Waals surface area contributed by atoms with E-state index in [0.717, 1.165) is 5.56 Å². The quantitative estimate of drug-likeness (QED) is 0.276. The van der Waals surface area contributed by atoms with Crippen LogP contribution in [-0.2, 0) is 0 Å². The number of carbonyl (C=O) groups excluding carboxylic acids is 1. The van der Waals surface area contributed by atoms with E-state index in [1.54, 1.807) is 12.2 Å². The topological polar surface area (TPSA) is 64.5 Å². The number of nitro benzene ring substituents is 1. The molecule has 0 spiro atoms. The Bertz CT molecular complexity index is 616. The second-order valence-corrected chi connectivity index (χ2v) is 3.93. The van der Waals surface area contributed by atoms with Crippen LogP contribution in [0.4, 0.5) is 5.69 Å². The van der Waals surface area contributed by atoms with Crippen molar-refractivity contribution in [3.05, 3.63) is 81.9 Å². The molecule has 0 saturated carbocycles. The Balaban J connectivity index is 2.12. The van der Waals surface area contributed by atoms with Crippen molar-refractivity contribution in [3.8, 4) is 0 Å². The van der Waals surface area contributed by atoms with E-state index < -0.39 is 4.92 Å².